The van der Waals surface area contributed by atoms with Gasteiger partial charge in [0.2, 0.25) is 0 Å². The number of ether oxygens (including phenoxy) is 2. The van der Waals surface area contributed by atoms with E-state index in [1.165, 1.54) is 13.2 Å². The van der Waals surface area contributed by atoms with E-state index in [4.69, 9.17) is 23.2 Å². The summed E-state index contributed by atoms with van der Waals surface area (Å²) in [5.74, 6) is -1.08. The van der Waals surface area contributed by atoms with E-state index in [0.717, 1.165) is 0 Å². The molecule has 0 unspecified atom stereocenters. The maximum Gasteiger partial charge on any atom is 0.332 e. The molecular weight excluding hydrogens is 281 g/mol. The number of anilines is 1. The summed E-state index contributed by atoms with van der Waals surface area (Å²) >= 11 is 11.5. The van der Waals surface area contributed by atoms with Gasteiger partial charge in [-0.1, -0.05) is 23.2 Å². The maximum atomic E-state index is 11.4. The zero-order valence-electron chi connectivity index (χ0n) is 9.54. The zero-order chi connectivity index (χ0) is 13.5. The first-order valence-electron chi connectivity index (χ1n) is 4.92. The third-order valence-electron chi connectivity index (χ3n) is 1.83. The van der Waals surface area contributed by atoms with Gasteiger partial charge in [0.25, 0.3) is 5.91 Å². The molecule has 0 aliphatic rings. The van der Waals surface area contributed by atoms with Gasteiger partial charge < -0.3 is 14.8 Å². The van der Waals surface area contributed by atoms with Gasteiger partial charge in [0, 0.05) is 12.8 Å². The molecule has 0 radical (unpaired) electrons. The van der Waals surface area contributed by atoms with Crippen molar-refractivity contribution in [3.05, 3.63) is 28.2 Å². The summed E-state index contributed by atoms with van der Waals surface area (Å²) in [4.78, 5) is 22.3. The largest absolute Gasteiger partial charge is 0.454 e. The van der Waals surface area contributed by atoms with Crippen molar-refractivity contribution in [1.82, 2.24) is 0 Å². The molecule has 7 heteroatoms. The minimum atomic E-state index is -0.609. The quantitative estimate of drug-likeness (QED) is 0.844. The van der Waals surface area contributed by atoms with Crippen LogP contribution >= 0.6 is 23.2 Å². The lowest BCUT2D eigenvalue weighted by molar-refractivity contribution is -0.150. The van der Waals surface area contributed by atoms with Gasteiger partial charge in [0.15, 0.2) is 6.61 Å². The average Bonchev–Trinajstić information content (AvgIpc) is 2.32. The summed E-state index contributed by atoms with van der Waals surface area (Å²) < 4.78 is 9.18. The molecule has 1 rings (SSSR count). The Hall–Kier alpha value is -1.30. The van der Waals surface area contributed by atoms with Crippen molar-refractivity contribution in [2.75, 3.05) is 25.6 Å². The van der Waals surface area contributed by atoms with Crippen molar-refractivity contribution in [1.29, 1.82) is 0 Å². The number of halogens is 2. The molecule has 0 spiro atoms. The fourth-order valence-electron chi connectivity index (χ4n) is 1.08. The summed E-state index contributed by atoms with van der Waals surface area (Å²) in [6.45, 7) is -0.581. The van der Waals surface area contributed by atoms with Gasteiger partial charge in [-0.3, -0.25) is 4.79 Å². The second kappa shape index (κ2) is 7.20. The van der Waals surface area contributed by atoms with Crippen LogP contribution in [0.1, 0.15) is 0 Å². The number of hydrogen-bond donors (Lipinski definition) is 1. The number of benzene rings is 1. The van der Waals surface area contributed by atoms with Crippen LogP contribution in [0.15, 0.2) is 18.2 Å². The lowest BCUT2D eigenvalue weighted by atomic mass is 10.3. The van der Waals surface area contributed by atoms with Crippen LogP contribution in [-0.4, -0.2) is 32.2 Å². The van der Waals surface area contributed by atoms with E-state index in [9.17, 15) is 9.59 Å². The van der Waals surface area contributed by atoms with Crippen LogP contribution in [-0.2, 0) is 19.1 Å². The van der Waals surface area contributed by atoms with Crippen LogP contribution in [0.25, 0.3) is 0 Å². The summed E-state index contributed by atoms with van der Waals surface area (Å²) in [6, 6.07) is 4.64. The molecule has 0 heterocycles. The van der Waals surface area contributed by atoms with Gasteiger partial charge in [-0.25, -0.2) is 4.79 Å². The molecule has 0 fully saturated rings. The Kier molecular flexibility index (Phi) is 5.91. The number of nitrogens with one attached hydrogen (secondary N) is 1. The van der Waals surface area contributed by atoms with E-state index in [-0.39, 0.29) is 13.2 Å². The van der Waals surface area contributed by atoms with E-state index < -0.39 is 11.9 Å². The van der Waals surface area contributed by atoms with Crippen LogP contribution in [0, 0.1) is 0 Å². The number of carbonyl (C=O) groups excluding carboxylic acids is 2. The molecule has 0 saturated carbocycles. The Morgan fingerprint density at radius 3 is 2.56 bits per heavy atom. The molecule has 0 bridgehead atoms. The van der Waals surface area contributed by atoms with Crippen molar-refractivity contribution in [3.63, 3.8) is 0 Å². The average molecular weight is 292 g/mol. The summed E-state index contributed by atoms with van der Waals surface area (Å²) in [6.07, 6.45) is 0. The van der Waals surface area contributed by atoms with Crippen molar-refractivity contribution in [2.24, 2.45) is 0 Å². The van der Waals surface area contributed by atoms with Gasteiger partial charge in [-0.05, 0) is 18.2 Å². The second-order valence-electron chi connectivity index (χ2n) is 3.27. The second-order valence-corrected chi connectivity index (χ2v) is 4.09. The van der Waals surface area contributed by atoms with Gasteiger partial charge >= 0.3 is 5.97 Å². The van der Waals surface area contributed by atoms with Crippen molar-refractivity contribution in [2.45, 2.75) is 0 Å². The molecule has 1 aromatic rings. The highest BCUT2D eigenvalue weighted by Gasteiger charge is 2.08. The molecule has 0 aliphatic heterocycles. The molecule has 0 atom stereocenters. The number of carbonyl (C=O) groups is 2. The molecule has 0 aromatic heterocycles. The van der Waals surface area contributed by atoms with Crippen LogP contribution < -0.4 is 5.32 Å². The first kappa shape index (κ1) is 14.8. The number of methoxy groups -OCH3 is 1. The van der Waals surface area contributed by atoms with E-state index in [0.29, 0.717) is 15.7 Å². The highest BCUT2D eigenvalue weighted by Crippen LogP contribution is 2.24. The molecule has 1 amide bonds. The van der Waals surface area contributed by atoms with Gasteiger partial charge in [0.05, 0.1) is 10.0 Å². The Bertz CT molecular complexity index is 451. The van der Waals surface area contributed by atoms with Crippen LogP contribution in [0.3, 0.4) is 0 Å². The van der Waals surface area contributed by atoms with Gasteiger partial charge in [0.1, 0.15) is 6.61 Å². The molecule has 1 aromatic carbocycles. The van der Waals surface area contributed by atoms with E-state index in [1.807, 2.05) is 0 Å². The van der Waals surface area contributed by atoms with Crippen molar-refractivity contribution in [3.8, 4) is 0 Å². The smallest absolute Gasteiger partial charge is 0.332 e. The highest BCUT2D eigenvalue weighted by atomic mass is 35.5. The number of hydrogen-bond acceptors (Lipinski definition) is 4. The Labute approximate surface area is 114 Å². The summed E-state index contributed by atoms with van der Waals surface area (Å²) in [5.41, 5.74) is 0.470. The Balaban J connectivity index is 2.44. The molecule has 0 aliphatic carbocycles. The van der Waals surface area contributed by atoms with E-state index in [1.54, 1.807) is 12.1 Å². The third-order valence-corrected chi connectivity index (χ3v) is 2.57. The molecule has 0 saturated heterocycles. The minimum Gasteiger partial charge on any atom is -0.454 e. The van der Waals surface area contributed by atoms with Crippen LogP contribution in [0.2, 0.25) is 10.0 Å². The fraction of sp³-hybridized carbons (Fsp3) is 0.273. The van der Waals surface area contributed by atoms with Crippen LogP contribution in [0.4, 0.5) is 5.69 Å². The minimum absolute atomic E-state index is 0.194. The fourth-order valence-corrected chi connectivity index (χ4v) is 1.37. The first-order chi connectivity index (χ1) is 8.52. The normalized spacial score (nSPS) is 9.94. The predicted molar refractivity (Wildman–Crippen MR) is 67.9 cm³/mol. The molecule has 98 valence electrons. The molecular formula is C11H11Cl2NO4. The number of amides is 1. The molecule has 5 nitrogen and oxygen atoms in total. The van der Waals surface area contributed by atoms with Gasteiger partial charge in [-0.15, -0.1) is 0 Å². The van der Waals surface area contributed by atoms with Crippen LogP contribution in [0.5, 0.6) is 0 Å². The monoisotopic (exact) mass is 291 g/mol. The van der Waals surface area contributed by atoms with Gasteiger partial charge in [-0.2, -0.15) is 0 Å². The predicted octanol–water partition coefficient (Wildman–Crippen LogP) is 2.12. The standard InChI is InChI=1S/C11H11Cl2NO4/c1-17-6-11(16)18-5-10(15)14-7-2-3-8(12)9(13)4-7/h2-4H,5-6H2,1H3,(H,14,15). The number of rotatable bonds is 5. The lowest BCUT2D eigenvalue weighted by Crippen LogP contribution is -2.22. The highest BCUT2D eigenvalue weighted by molar-refractivity contribution is 6.42. The van der Waals surface area contributed by atoms with E-state index in [2.05, 4.69) is 14.8 Å². The first-order valence-corrected chi connectivity index (χ1v) is 5.68. The maximum absolute atomic E-state index is 11.4. The molecule has 18 heavy (non-hydrogen) atoms. The van der Waals surface area contributed by atoms with Crippen molar-refractivity contribution < 1.29 is 19.1 Å². The lowest BCUT2D eigenvalue weighted by Gasteiger charge is -2.07. The molecule has 1 N–H and O–H groups in total. The Morgan fingerprint density at radius 2 is 1.94 bits per heavy atom. The summed E-state index contributed by atoms with van der Waals surface area (Å²) in [5, 5.41) is 3.22. The Morgan fingerprint density at radius 1 is 1.22 bits per heavy atom. The third kappa shape index (κ3) is 4.91. The number of esters is 1. The van der Waals surface area contributed by atoms with E-state index >= 15 is 0 Å². The summed E-state index contributed by atoms with van der Waals surface area (Å²) in [7, 11) is 1.36. The van der Waals surface area contributed by atoms with Crippen molar-refractivity contribution >= 4 is 40.8 Å². The zero-order valence-corrected chi connectivity index (χ0v) is 11.0. The SMILES string of the molecule is COCC(=O)OCC(=O)Nc1ccc(Cl)c(Cl)c1. The topological polar surface area (TPSA) is 64.6 Å².